The predicted octanol–water partition coefficient (Wildman–Crippen LogP) is 5.78. The van der Waals surface area contributed by atoms with Gasteiger partial charge in [0.1, 0.15) is 17.3 Å². The normalized spacial score (nSPS) is 10.8. The third-order valence-corrected chi connectivity index (χ3v) is 5.43. The van der Waals surface area contributed by atoms with E-state index in [4.69, 9.17) is 23.2 Å². The van der Waals surface area contributed by atoms with Crippen LogP contribution in [-0.4, -0.2) is 20.7 Å². The van der Waals surface area contributed by atoms with E-state index in [2.05, 4.69) is 15.4 Å². The molecule has 0 aliphatic carbocycles. The van der Waals surface area contributed by atoms with Crippen LogP contribution in [0.5, 0.6) is 0 Å². The summed E-state index contributed by atoms with van der Waals surface area (Å²) in [4.78, 5) is 16.9. The highest BCUT2D eigenvalue weighted by molar-refractivity contribution is 6.31. The third-order valence-electron chi connectivity index (χ3n) is 4.78. The maximum atomic E-state index is 13.7. The summed E-state index contributed by atoms with van der Waals surface area (Å²) in [7, 11) is 1.73. The number of benzene rings is 2. The van der Waals surface area contributed by atoms with Crippen LogP contribution in [0.4, 0.5) is 10.2 Å². The molecule has 0 fully saturated rings. The number of carbonyl (C=O) groups excluding carboxylic acids is 1. The van der Waals surface area contributed by atoms with E-state index in [1.54, 1.807) is 42.3 Å². The summed E-state index contributed by atoms with van der Waals surface area (Å²) in [6.45, 7) is 0. The Labute approximate surface area is 188 Å². The summed E-state index contributed by atoms with van der Waals surface area (Å²) in [5.41, 5.74) is 3.38. The first-order valence-corrected chi connectivity index (χ1v) is 10.2. The number of nitrogens with one attached hydrogen (secondary N) is 1. The molecule has 2 heterocycles. The highest BCUT2D eigenvalue weighted by atomic mass is 35.5. The van der Waals surface area contributed by atoms with Gasteiger partial charge in [0.2, 0.25) is 5.91 Å². The Morgan fingerprint density at radius 3 is 2.48 bits per heavy atom. The minimum atomic E-state index is -0.514. The standard InChI is InChI=1S/C23H17Cl2FN4O/c1-30-23(28-20(31)13-15-4-2-3-5-17(15)24)21(14-8-10-27-11-9-14)22(29-30)16-6-7-19(26)18(25)12-16/h2-12H,13H2,1H3,(H,28,31). The van der Waals surface area contributed by atoms with Gasteiger partial charge in [0.15, 0.2) is 0 Å². The Hall–Kier alpha value is -3.22. The Morgan fingerprint density at radius 2 is 1.77 bits per heavy atom. The molecule has 156 valence electrons. The molecule has 0 spiro atoms. The number of carbonyl (C=O) groups is 1. The molecule has 1 N–H and O–H groups in total. The van der Waals surface area contributed by atoms with Crippen LogP contribution in [0.1, 0.15) is 5.56 Å². The summed E-state index contributed by atoms with van der Waals surface area (Å²) in [6.07, 6.45) is 3.41. The predicted molar refractivity (Wildman–Crippen MR) is 121 cm³/mol. The highest BCUT2D eigenvalue weighted by Gasteiger charge is 2.22. The molecule has 0 atom stereocenters. The van der Waals surface area contributed by atoms with Crippen LogP contribution in [0, 0.1) is 5.82 Å². The van der Waals surface area contributed by atoms with E-state index >= 15 is 0 Å². The van der Waals surface area contributed by atoms with Gasteiger partial charge in [0.05, 0.1) is 17.0 Å². The van der Waals surface area contributed by atoms with Crippen molar-refractivity contribution in [3.63, 3.8) is 0 Å². The molecule has 1 amide bonds. The van der Waals surface area contributed by atoms with Gasteiger partial charge in [-0.2, -0.15) is 5.10 Å². The number of hydrogen-bond donors (Lipinski definition) is 1. The van der Waals surface area contributed by atoms with Crippen molar-refractivity contribution in [2.45, 2.75) is 6.42 Å². The summed E-state index contributed by atoms with van der Waals surface area (Å²) < 4.78 is 15.3. The zero-order valence-corrected chi connectivity index (χ0v) is 18.0. The Morgan fingerprint density at radius 1 is 1.03 bits per heavy atom. The maximum absolute atomic E-state index is 13.7. The van der Waals surface area contributed by atoms with Crippen LogP contribution in [0.3, 0.4) is 0 Å². The fraction of sp³-hybridized carbons (Fsp3) is 0.0870. The molecule has 5 nitrogen and oxygen atoms in total. The maximum Gasteiger partial charge on any atom is 0.230 e. The molecule has 31 heavy (non-hydrogen) atoms. The molecule has 8 heteroatoms. The van der Waals surface area contributed by atoms with Crippen molar-refractivity contribution in [2.24, 2.45) is 7.05 Å². The summed E-state index contributed by atoms with van der Waals surface area (Å²) in [6, 6.07) is 15.2. The molecule has 0 bridgehead atoms. The van der Waals surface area contributed by atoms with Crippen molar-refractivity contribution in [3.05, 3.63) is 88.4 Å². The summed E-state index contributed by atoms with van der Waals surface area (Å²) >= 11 is 12.2. The lowest BCUT2D eigenvalue weighted by Crippen LogP contribution is -2.17. The number of aryl methyl sites for hydroxylation is 1. The number of halogens is 3. The molecule has 0 aliphatic heterocycles. The fourth-order valence-corrected chi connectivity index (χ4v) is 3.68. The minimum Gasteiger partial charge on any atom is -0.310 e. The van der Waals surface area contributed by atoms with Crippen LogP contribution in [0.25, 0.3) is 22.4 Å². The Bertz CT molecular complexity index is 1260. The van der Waals surface area contributed by atoms with Gasteiger partial charge in [-0.05, 0) is 47.5 Å². The monoisotopic (exact) mass is 454 g/mol. The van der Waals surface area contributed by atoms with Gasteiger partial charge < -0.3 is 5.32 Å². The zero-order chi connectivity index (χ0) is 22.0. The number of pyridine rings is 1. The van der Waals surface area contributed by atoms with Gasteiger partial charge in [0, 0.05) is 30.0 Å². The molecule has 0 saturated heterocycles. The average Bonchev–Trinajstić information content (AvgIpc) is 3.08. The van der Waals surface area contributed by atoms with E-state index in [1.165, 1.54) is 12.1 Å². The lowest BCUT2D eigenvalue weighted by Gasteiger charge is -2.10. The molecule has 2 aromatic carbocycles. The molecule has 0 radical (unpaired) electrons. The molecule has 0 unspecified atom stereocenters. The van der Waals surface area contributed by atoms with Crippen LogP contribution in [0.2, 0.25) is 10.0 Å². The van der Waals surface area contributed by atoms with E-state index < -0.39 is 5.82 Å². The number of nitrogens with zero attached hydrogens (tertiary/aromatic N) is 3. The first kappa shape index (κ1) is 21.0. The molecule has 0 aliphatic rings. The summed E-state index contributed by atoms with van der Waals surface area (Å²) in [5, 5.41) is 8.04. The Balaban J connectivity index is 1.77. The second kappa shape index (κ2) is 8.88. The van der Waals surface area contributed by atoms with Crippen LogP contribution in [-0.2, 0) is 18.3 Å². The SMILES string of the molecule is Cn1nc(-c2ccc(F)c(Cl)c2)c(-c2ccncc2)c1NC(=O)Cc1ccccc1Cl. The lowest BCUT2D eigenvalue weighted by molar-refractivity contribution is -0.115. The number of rotatable bonds is 5. The summed E-state index contributed by atoms with van der Waals surface area (Å²) in [5.74, 6) is -0.256. The second-order valence-electron chi connectivity index (χ2n) is 6.88. The molecule has 4 rings (SSSR count). The lowest BCUT2D eigenvalue weighted by atomic mass is 10.0. The largest absolute Gasteiger partial charge is 0.310 e. The van der Waals surface area contributed by atoms with Gasteiger partial charge in [0.25, 0.3) is 0 Å². The van der Waals surface area contributed by atoms with Crippen molar-refractivity contribution >= 4 is 34.9 Å². The molecular formula is C23H17Cl2FN4O. The van der Waals surface area contributed by atoms with E-state index in [-0.39, 0.29) is 17.4 Å². The van der Waals surface area contributed by atoms with Crippen LogP contribution >= 0.6 is 23.2 Å². The zero-order valence-electron chi connectivity index (χ0n) is 16.4. The van der Waals surface area contributed by atoms with Gasteiger partial charge in [-0.3, -0.25) is 14.5 Å². The quantitative estimate of drug-likeness (QED) is 0.415. The van der Waals surface area contributed by atoms with Gasteiger partial charge in [-0.25, -0.2) is 4.39 Å². The molecule has 0 saturated carbocycles. The number of hydrogen-bond acceptors (Lipinski definition) is 3. The molecular weight excluding hydrogens is 438 g/mol. The van der Waals surface area contributed by atoms with Crippen molar-refractivity contribution in [2.75, 3.05) is 5.32 Å². The minimum absolute atomic E-state index is 0.00636. The topological polar surface area (TPSA) is 59.8 Å². The first-order chi connectivity index (χ1) is 14.9. The second-order valence-corrected chi connectivity index (χ2v) is 7.69. The number of aromatic nitrogens is 3. The number of amides is 1. The van der Waals surface area contributed by atoms with Crippen molar-refractivity contribution < 1.29 is 9.18 Å². The van der Waals surface area contributed by atoms with Crippen molar-refractivity contribution in [3.8, 4) is 22.4 Å². The van der Waals surface area contributed by atoms with Gasteiger partial charge in [-0.1, -0.05) is 41.4 Å². The molecule has 4 aromatic rings. The van der Waals surface area contributed by atoms with Crippen LogP contribution in [0.15, 0.2) is 67.0 Å². The third kappa shape index (κ3) is 4.45. The van der Waals surface area contributed by atoms with Crippen LogP contribution < -0.4 is 5.32 Å². The fourth-order valence-electron chi connectivity index (χ4n) is 3.30. The van der Waals surface area contributed by atoms with Crippen molar-refractivity contribution in [1.29, 1.82) is 0 Å². The van der Waals surface area contributed by atoms with Crippen molar-refractivity contribution in [1.82, 2.24) is 14.8 Å². The van der Waals surface area contributed by atoms with E-state index in [0.29, 0.717) is 27.7 Å². The smallest absolute Gasteiger partial charge is 0.230 e. The average molecular weight is 455 g/mol. The van der Waals surface area contributed by atoms with E-state index in [0.717, 1.165) is 11.1 Å². The highest BCUT2D eigenvalue weighted by Crippen LogP contribution is 2.38. The first-order valence-electron chi connectivity index (χ1n) is 9.40. The number of anilines is 1. The van der Waals surface area contributed by atoms with E-state index in [1.807, 2.05) is 24.3 Å². The molecule has 2 aromatic heterocycles. The Kier molecular flexibility index (Phi) is 6.02. The van der Waals surface area contributed by atoms with Gasteiger partial charge >= 0.3 is 0 Å². The van der Waals surface area contributed by atoms with Gasteiger partial charge in [-0.15, -0.1) is 0 Å². The van der Waals surface area contributed by atoms with E-state index in [9.17, 15) is 9.18 Å².